The number of carbonyl (C=O) groups excluding carboxylic acids is 2. The molecule has 5 rings (SSSR count). The third kappa shape index (κ3) is 3.49. The molecule has 0 bridgehead atoms. The topological polar surface area (TPSA) is 62.7 Å². The van der Waals surface area contributed by atoms with Gasteiger partial charge in [0.15, 0.2) is 0 Å². The molecule has 1 atom stereocenters. The van der Waals surface area contributed by atoms with Crippen LogP contribution in [0.5, 0.6) is 5.88 Å². The van der Waals surface area contributed by atoms with Gasteiger partial charge in [-0.05, 0) is 31.2 Å². The van der Waals surface area contributed by atoms with Crippen molar-refractivity contribution >= 4 is 28.4 Å². The van der Waals surface area contributed by atoms with Crippen LogP contribution in [0.2, 0.25) is 0 Å². The molecular weight excluding hydrogens is 378 g/mol. The van der Waals surface area contributed by atoms with Gasteiger partial charge in [0.1, 0.15) is 6.10 Å². The highest BCUT2D eigenvalue weighted by atomic mass is 16.5. The number of benzene rings is 2. The average molecular weight is 401 g/mol. The van der Waals surface area contributed by atoms with Crippen LogP contribution in [0.1, 0.15) is 12.0 Å². The smallest absolute Gasteiger partial charge is 0.228 e. The molecule has 1 unspecified atom stereocenters. The third-order valence-electron chi connectivity index (χ3n) is 5.84. The van der Waals surface area contributed by atoms with E-state index in [1.807, 2.05) is 67.6 Å². The summed E-state index contributed by atoms with van der Waals surface area (Å²) in [5.41, 5.74) is 2.89. The fourth-order valence-corrected chi connectivity index (χ4v) is 4.08. The van der Waals surface area contributed by atoms with Crippen molar-refractivity contribution < 1.29 is 14.3 Å². The maximum atomic E-state index is 12.9. The van der Waals surface area contributed by atoms with E-state index >= 15 is 0 Å². The Labute approximate surface area is 175 Å². The van der Waals surface area contributed by atoms with Crippen LogP contribution >= 0.6 is 0 Å². The van der Waals surface area contributed by atoms with E-state index in [1.165, 1.54) is 0 Å². The number of rotatable bonds is 4. The summed E-state index contributed by atoms with van der Waals surface area (Å²) < 4.78 is 5.94. The Morgan fingerprint density at radius 3 is 2.57 bits per heavy atom. The van der Waals surface area contributed by atoms with Crippen molar-refractivity contribution in [3.05, 3.63) is 66.2 Å². The highest BCUT2D eigenvalue weighted by Gasteiger charge is 2.41. The van der Waals surface area contributed by atoms with Gasteiger partial charge in [-0.15, -0.1) is 0 Å². The van der Waals surface area contributed by atoms with E-state index in [-0.39, 0.29) is 30.3 Å². The lowest BCUT2D eigenvalue weighted by Crippen LogP contribution is -2.57. The number of ether oxygens (including phenoxy) is 1. The summed E-state index contributed by atoms with van der Waals surface area (Å²) in [5.74, 6) is 0.320. The summed E-state index contributed by atoms with van der Waals surface area (Å²) in [4.78, 5) is 33.3. The van der Waals surface area contributed by atoms with Gasteiger partial charge < -0.3 is 14.5 Å². The molecule has 3 aromatic rings. The van der Waals surface area contributed by atoms with E-state index in [0.29, 0.717) is 25.5 Å². The van der Waals surface area contributed by atoms with Gasteiger partial charge in [-0.3, -0.25) is 9.59 Å². The minimum absolute atomic E-state index is 0.00545. The highest BCUT2D eigenvalue weighted by molar-refractivity contribution is 6.00. The summed E-state index contributed by atoms with van der Waals surface area (Å²) in [7, 11) is 0. The van der Waals surface area contributed by atoms with E-state index in [1.54, 1.807) is 9.80 Å². The minimum Gasteiger partial charge on any atom is -0.471 e. The average Bonchev–Trinajstić information content (AvgIpc) is 3.12. The molecule has 2 aromatic carbocycles. The Morgan fingerprint density at radius 2 is 1.77 bits per heavy atom. The molecule has 2 fully saturated rings. The normalized spacial score (nSPS) is 19.2. The molecule has 30 heavy (non-hydrogen) atoms. The molecule has 0 spiro atoms. The molecule has 6 nitrogen and oxygen atoms in total. The van der Waals surface area contributed by atoms with Crippen molar-refractivity contribution in [1.82, 2.24) is 9.88 Å². The maximum Gasteiger partial charge on any atom is 0.228 e. The quantitative estimate of drug-likeness (QED) is 0.674. The largest absolute Gasteiger partial charge is 0.471 e. The molecule has 2 aliphatic rings. The number of anilines is 1. The molecule has 1 aromatic heterocycles. The van der Waals surface area contributed by atoms with Gasteiger partial charge in [-0.1, -0.05) is 35.9 Å². The zero-order valence-corrected chi connectivity index (χ0v) is 16.8. The summed E-state index contributed by atoms with van der Waals surface area (Å²) in [6.45, 7) is 3.51. The van der Waals surface area contributed by atoms with Crippen molar-refractivity contribution in [2.45, 2.75) is 19.4 Å². The number of likely N-dealkylation sites (tertiary alicyclic amines) is 1. The fraction of sp³-hybridized carbons (Fsp3) is 0.292. The molecule has 152 valence electrons. The first-order valence-electron chi connectivity index (χ1n) is 10.2. The molecule has 0 aliphatic carbocycles. The zero-order valence-electron chi connectivity index (χ0n) is 16.8. The Morgan fingerprint density at radius 1 is 1.00 bits per heavy atom. The predicted molar refractivity (Wildman–Crippen MR) is 114 cm³/mol. The number of aryl methyl sites for hydroxylation is 1. The first kappa shape index (κ1) is 18.6. The van der Waals surface area contributed by atoms with E-state index in [9.17, 15) is 9.59 Å². The number of hydrogen-bond donors (Lipinski definition) is 0. The van der Waals surface area contributed by atoms with E-state index in [4.69, 9.17) is 4.74 Å². The Bertz CT molecular complexity index is 1110. The van der Waals surface area contributed by atoms with Gasteiger partial charge in [-0.25, -0.2) is 4.98 Å². The molecule has 3 heterocycles. The van der Waals surface area contributed by atoms with Gasteiger partial charge in [0.05, 0.1) is 24.5 Å². The van der Waals surface area contributed by atoms with Crippen molar-refractivity contribution in [3.8, 4) is 5.88 Å². The molecule has 2 amide bonds. The van der Waals surface area contributed by atoms with E-state index in [0.717, 1.165) is 22.2 Å². The van der Waals surface area contributed by atoms with Crippen molar-refractivity contribution in [1.29, 1.82) is 0 Å². The predicted octanol–water partition coefficient (Wildman–Crippen LogP) is 3.19. The zero-order chi connectivity index (χ0) is 20.7. The molecule has 6 heteroatoms. The van der Waals surface area contributed by atoms with Crippen LogP contribution in [0.25, 0.3) is 10.9 Å². The summed E-state index contributed by atoms with van der Waals surface area (Å²) in [6.07, 6.45) is 0.203. The van der Waals surface area contributed by atoms with Crippen LogP contribution in [0.15, 0.2) is 60.7 Å². The number of hydrogen-bond acceptors (Lipinski definition) is 4. The third-order valence-corrected chi connectivity index (χ3v) is 5.84. The molecule has 0 radical (unpaired) electrons. The number of nitrogens with zero attached hydrogens (tertiary/aromatic N) is 3. The lowest BCUT2D eigenvalue weighted by atomic mass is 10.0. The van der Waals surface area contributed by atoms with Crippen molar-refractivity contribution in [3.63, 3.8) is 0 Å². The standard InChI is InChI=1S/C24H23N3O3/c1-16-6-9-19(10-7-16)27-13-18(12-23(27)28)24(29)26-14-20(15-26)30-22-11-8-17-4-2-3-5-21(17)25-22/h2-11,18,20H,12-15H2,1H3. The van der Waals surface area contributed by atoms with Gasteiger partial charge in [0.25, 0.3) is 0 Å². The highest BCUT2D eigenvalue weighted by Crippen LogP contribution is 2.28. The second-order valence-corrected chi connectivity index (χ2v) is 8.07. The van der Waals surface area contributed by atoms with Gasteiger partial charge in [0.2, 0.25) is 17.7 Å². The Hall–Kier alpha value is -3.41. The van der Waals surface area contributed by atoms with Crippen LogP contribution in [0, 0.1) is 12.8 Å². The molecular formula is C24H23N3O3. The molecule has 2 aliphatic heterocycles. The van der Waals surface area contributed by atoms with E-state index < -0.39 is 0 Å². The van der Waals surface area contributed by atoms with Crippen molar-refractivity contribution in [2.75, 3.05) is 24.5 Å². The monoisotopic (exact) mass is 401 g/mol. The summed E-state index contributed by atoms with van der Waals surface area (Å²) in [5, 5.41) is 1.07. The number of pyridine rings is 1. The fourth-order valence-electron chi connectivity index (χ4n) is 4.08. The van der Waals surface area contributed by atoms with Crippen LogP contribution in [-0.2, 0) is 9.59 Å². The maximum absolute atomic E-state index is 12.9. The lowest BCUT2D eigenvalue weighted by Gasteiger charge is -2.39. The van der Waals surface area contributed by atoms with E-state index in [2.05, 4.69) is 4.98 Å². The summed E-state index contributed by atoms with van der Waals surface area (Å²) in [6, 6.07) is 19.6. The van der Waals surface area contributed by atoms with Crippen LogP contribution in [0.4, 0.5) is 5.69 Å². The van der Waals surface area contributed by atoms with Gasteiger partial charge in [-0.2, -0.15) is 0 Å². The number of fused-ring (bicyclic) bond motifs is 1. The first-order valence-corrected chi connectivity index (χ1v) is 10.2. The molecule has 0 N–H and O–H groups in total. The number of amides is 2. The molecule has 0 saturated carbocycles. The second-order valence-electron chi connectivity index (χ2n) is 8.07. The molecule has 2 saturated heterocycles. The van der Waals surface area contributed by atoms with Crippen LogP contribution < -0.4 is 9.64 Å². The number of aromatic nitrogens is 1. The Balaban J connectivity index is 1.17. The van der Waals surface area contributed by atoms with Crippen LogP contribution in [0.3, 0.4) is 0 Å². The van der Waals surface area contributed by atoms with Gasteiger partial charge in [0, 0.05) is 30.1 Å². The SMILES string of the molecule is Cc1ccc(N2CC(C(=O)N3CC(Oc4ccc5ccccc5n4)C3)CC2=O)cc1. The number of para-hydroxylation sites is 1. The summed E-state index contributed by atoms with van der Waals surface area (Å²) >= 11 is 0. The second kappa shape index (κ2) is 7.44. The number of carbonyl (C=O) groups is 2. The van der Waals surface area contributed by atoms with Crippen molar-refractivity contribution in [2.24, 2.45) is 5.92 Å². The Kier molecular flexibility index (Phi) is 4.62. The first-order chi connectivity index (χ1) is 14.6. The lowest BCUT2D eigenvalue weighted by molar-refractivity contribution is -0.144. The minimum atomic E-state index is -0.293. The van der Waals surface area contributed by atoms with Gasteiger partial charge >= 0.3 is 0 Å². The van der Waals surface area contributed by atoms with Crippen LogP contribution in [-0.4, -0.2) is 47.4 Å².